The summed E-state index contributed by atoms with van der Waals surface area (Å²) in [5, 5.41) is 42.6. The van der Waals surface area contributed by atoms with Crippen LogP contribution in [0.1, 0.15) is 62.7 Å². The molecule has 0 aliphatic heterocycles. The zero-order chi connectivity index (χ0) is 31.9. The number of pyridine rings is 4. The molecule has 4 rings (SSSR count). The largest absolute Gasteiger partial charge is 3.00 e. The zero-order valence-corrected chi connectivity index (χ0v) is 27.4. The van der Waals surface area contributed by atoms with Gasteiger partial charge in [0.1, 0.15) is 0 Å². The average molecular weight is 803 g/mol. The Morgan fingerprint density at radius 3 is 0.787 bits per heavy atom. The van der Waals surface area contributed by atoms with Gasteiger partial charge in [-0.3, -0.25) is 0 Å². The molecule has 0 aliphatic carbocycles. The maximum absolute atomic E-state index is 10.7. The predicted octanol–water partition coefficient (Wildman–Crippen LogP) is -4.80. The van der Waals surface area contributed by atoms with Crippen LogP contribution in [0.25, 0.3) is 22.8 Å². The number of rotatable bonds is 9. The van der Waals surface area contributed by atoms with E-state index >= 15 is 0 Å². The monoisotopic (exact) mass is 804 g/mol. The summed E-state index contributed by atoms with van der Waals surface area (Å²) in [4.78, 5) is 59.5. The van der Waals surface area contributed by atoms with Crippen molar-refractivity contribution in [3.63, 3.8) is 0 Å². The van der Waals surface area contributed by atoms with Gasteiger partial charge < -0.3 is 60.9 Å². The molecule has 16 nitrogen and oxygen atoms in total. The molecule has 0 unspecified atom stereocenters. The van der Waals surface area contributed by atoms with Crippen LogP contribution in [-0.2, 0) is 0 Å². The smallest absolute Gasteiger partial charge is 0.543 e. The van der Waals surface area contributed by atoms with E-state index in [1.54, 1.807) is 4.90 Å². The van der Waals surface area contributed by atoms with Crippen LogP contribution >= 0.6 is 0 Å². The van der Waals surface area contributed by atoms with Crippen LogP contribution in [0.15, 0.2) is 72.8 Å². The van der Waals surface area contributed by atoms with E-state index in [9.17, 15) is 39.6 Å². The summed E-state index contributed by atoms with van der Waals surface area (Å²) in [6, 6.07) is 17.1. The van der Waals surface area contributed by atoms with Crippen LogP contribution in [0.2, 0.25) is 0 Å². The fourth-order valence-electron chi connectivity index (χ4n) is 3.51. The van der Waals surface area contributed by atoms with E-state index in [-0.39, 0.29) is 100 Å². The molecule has 1 radical (unpaired) electrons. The number of carbonyl (C=O) groups excluding carboxylic acids is 4. The van der Waals surface area contributed by atoms with Crippen molar-refractivity contribution >= 4 is 23.9 Å². The Labute approximate surface area is 300 Å². The zero-order valence-electron chi connectivity index (χ0n) is 25.4. The molecular formula is C30H34DyN5O11. The molecule has 0 atom stereocenters. The number of carbonyl (C=O) groups is 4. The second-order valence-corrected chi connectivity index (χ2v) is 8.59. The second kappa shape index (κ2) is 23.9. The number of carboxylic acids is 4. The summed E-state index contributed by atoms with van der Waals surface area (Å²) < 4.78 is 0. The van der Waals surface area contributed by atoms with Gasteiger partial charge in [-0.05, 0) is 69.3 Å². The van der Waals surface area contributed by atoms with E-state index in [1.807, 2.05) is 0 Å². The number of nitrogens with one attached hydrogen (secondary N) is 1. The molecule has 17 heteroatoms. The summed E-state index contributed by atoms with van der Waals surface area (Å²) in [7, 11) is 0. The molecule has 0 saturated carbocycles. The van der Waals surface area contributed by atoms with E-state index in [2.05, 4.69) is 40.7 Å². The first-order valence-electron chi connectivity index (χ1n) is 13.1. The first-order chi connectivity index (χ1) is 20.5. The van der Waals surface area contributed by atoms with E-state index in [0.717, 1.165) is 0 Å². The Morgan fingerprint density at radius 2 is 0.660 bits per heavy atom. The van der Waals surface area contributed by atoms with Crippen molar-refractivity contribution < 1.29 is 99.1 Å². The van der Waals surface area contributed by atoms with Gasteiger partial charge in [0.05, 0.1) is 89.1 Å². The summed E-state index contributed by atoms with van der Waals surface area (Å²) in [6.07, 6.45) is 0. The van der Waals surface area contributed by atoms with Crippen LogP contribution in [0.4, 0.5) is 0 Å². The van der Waals surface area contributed by atoms with Gasteiger partial charge in [0.25, 0.3) is 0 Å². The normalized spacial score (nSPS) is 9.19. The van der Waals surface area contributed by atoms with Crippen molar-refractivity contribution in [1.29, 1.82) is 0 Å². The first-order valence-corrected chi connectivity index (χ1v) is 13.1. The minimum Gasteiger partial charge on any atom is -0.543 e. The molecule has 4 heterocycles. The molecule has 7 N–H and O–H groups in total. The maximum atomic E-state index is 10.7. The van der Waals surface area contributed by atoms with Gasteiger partial charge in [-0.15, -0.1) is 0 Å². The molecule has 4 aromatic rings. The van der Waals surface area contributed by atoms with Crippen LogP contribution in [0.5, 0.6) is 0 Å². The van der Waals surface area contributed by atoms with E-state index in [0.29, 0.717) is 0 Å². The van der Waals surface area contributed by atoms with Crippen molar-refractivity contribution in [2.75, 3.05) is 19.6 Å². The van der Waals surface area contributed by atoms with Crippen LogP contribution in [-0.4, -0.2) is 79.9 Å². The van der Waals surface area contributed by atoms with E-state index in [1.165, 1.54) is 92.4 Å². The predicted molar refractivity (Wildman–Crippen MR) is 156 cm³/mol. The molecule has 0 aromatic carbocycles. The Morgan fingerprint density at radius 1 is 0.468 bits per heavy atom. The molecule has 4 aromatic heterocycles. The van der Waals surface area contributed by atoms with E-state index in [4.69, 9.17) is 0 Å². The van der Waals surface area contributed by atoms with E-state index < -0.39 is 23.9 Å². The van der Waals surface area contributed by atoms with Gasteiger partial charge in [0.15, 0.2) is 0 Å². The van der Waals surface area contributed by atoms with Crippen molar-refractivity contribution in [2.24, 2.45) is 0 Å². The molecular weight excluding hydrogens is 769 g/mol. The van der Waals surface area contributed by atoms with Crippen molar-refractivity contribution in [1.82, 2.24) is 19.9 Å². The van der Waals surface area contributed by atoms with Gasteiger partial charge in [0.2, 0.25) is 0 Å². The van der Waals surface area contributed by atoms with Gasteiger partial charge in [-0.25, -0.2) is 19.9 Å². The van der Waals surface area contributed by atoms with Crippen LogP contribution in [0, 0.1) is 38.2 Å². The van der Waals surface area contributed by atoms with Crippen LogP contribution in [0.3, 0.4) is 0 Å². The Kier molecular flexibility index (Phi) is 23.9. The maximum Gasteiger partial charge on any atom is 3.00 e. The average Bonchev–Trinajstić information content (AvgIpc) is 3.02. The standard InChI is InChI=1S/2C12H8N2O4.C6H15N.Dy.3H2O/c2*15-11(16)9-5-1-3-7(13-9)8-4-2-6-10(14-8)12(17)18;1-4-7(5-2)6-3;;;;/h2*1-6H,(H,15,16)(H,17,18);4-6H2,1-3H3;;3*1H2/q;;;+3;;;/p-3. The topological polar surface area (TPSA) is 311 Å². The van der Waals surface area contributed by atoms with Crippen molar-refractivity contribution in [2.45, 2.75) is 20.8 Å². The summed E-state index contributed by atoms with van der Waals surface area (Å²) >= 11 is 0. The fraction of sp³-hybridized carbons (Fsp3) is 0.200. The van der Waals surface area contributed by atoms with Gasteiger partial charge in [-0.1, -0.05) is 24.3 Å². The van der Waals surface area contributed by atoms with Gasteiger partial charge >= 0.3 is 38.2 Å². The third-order valence-electron chi connectivity index (χ3n) is 5.86. The molecule has 255 valence electrons. The molecule has 0 spiro atoms. The summed E-state index contributed by atoms with van der Waals surface area (Å²) in [5.41, 5.74) is 0.0295. The Hall–Kier alpha value is -4.41. The number of nitrogens with zero attached hydrogens (tertiary/aromatic N) is 4. The number of quaternary nitrogens is 1. The van der Waals surface area contributed by atoms with Gasteiger partial charge in [-0.2, -0.15) is 0 Å². The third kappa shape index (κ3) is 15.2. The molecule has 0 bridgehead atoms. The Bertz CT molecular complexity index is 1360. The van der Waals surface area contributed by atoms with Crippen molar-refractivity contribution in [3.05, 3.63) is 95.6 Å². The summed E-state index contributed by atoms with van der Waals surface area (Å²) in [6.45, 7) is 10.5. The molecule has 0 fully saturated rings. The molecule has 0 amide bonds. The number of carboxylic acid groups (broad SMARTS) is 4. The SMILES string of the molecule is CC[NH+](CC)CC.O.O.O.O=C([O-])c1cccc(-c2cccc(C(=O)[O-])n2)n1.O=C([O-])c1cccc(-c2cccc(C(=O)[O-])n2)n1.[Dy+3]. The number of aromatic nitrogens is 4. The first kappa shape index (κ1) is 47.0. The van der Waals surface area contributed by atoms with Crippen LogP contribution < -0.4 is 25.3 Å². The fourth-order valence-corrected chi connectivity index (χ4v) is 3.51. The molecule has 0 saturated heterocycles. The summed E-state index contributed by atoms with van der Waals surface area (Å²) in [5.74, 6) is -5.64. The quantitative estimate of drug-likeness (QED) is 0.167. The number of hydrogen-bond acceptors (Lipinski definition) is 12. The van der Waals surface area contributed by atoms with Gasteiger partial charge in [0, 0.05) is 0 Å². The minimum atomic E-state index is -1.41. The second-order valence-electron chi connectivity index (χ2n) is 8.59. The molecule has 47 heavy (non-hydrogen) atoms. The third-order valence-corrected chi connectivity index (χ3v) is 5.86. The number of aromatic carboxylic acids is 4. The number of hydrogen-bond donors (Lipinski definition) is 1. The van der Waals surface area contributed by atoms with Crippen molar-refractivity contribution in [3.8, 4) is 22.8 Å². The Balaban J connectivity index is -0.000000643. The molecule has 0 aliphatic rings. The minimum absolute atomic E-state index is 0.